The maximum Gasteiger partial charge on any atom is 0.129 e. The van der Waals surface area contributed by atoms with E-state index in [1.165, 1.54) is 11.3 Å². The van der Waals surface area contributed by atoms with E-state index in [1.807, 2.05) is 0 Å². The third-order valence-corrected chi connectivity index (χ3v) is 3.61. The Bertz CT molecular complexity index is 426. The van der Waals surface area contributed by atoms with Crippen molar-refractivity contribution in [3.8, 4) is 0 Å². The first-order chi connectivity index (χ1) is 9.62. The number of ether oxygens (including phenoxy) is 1. The van der Waals surface area contributed by atoms with Crippen LogP contribution in [0.4, 0.5) is 5.82 Å². The molecule has 1 aromatic rings. The number of nitrogens with one attached hydrogen (secondary N) is 1. The first-order valence-electron chi connectivity index (χ1n) is 7.73. The van der Waals surface area contributed by atoms with E-state index < -0.39 is 0 Å². The summed E-state index contributed by atoms with van der Waals surface area (Å²) in [5, 5.41) is 3.39. The molecule has 0 bridgehead atoms. The molecule has 0 aromatic carbocycles. The van der Waals surface area contributed by atoms with Crippen molar-refractivity contribution < 1.29 is 4.74 Å². The highest BCUT2D eigenvalue weighted by Gasteiger charge is 2.23. The predicted molar refractivity (Wildman–Crippen MR) is 83.2 cm³/mol. The number of anilines is 1. The van der Waals surface area contributed by atoms with Crippen LogP contribution in [-0.4, -0.2) is 36.8 Å². The number of nitrogens with zero attached hydrogens (tertiary/aromatic N) is 2. The van der Waals surface area contributed by atoms with Crippen LogP contribution in [0.3, 0.4) is 0 Å². The van der Waals surface area contributed by atoms with Crippen molar-refractivity contribution in [3.63, 3.8) is 0 Å². The summed E-state index contributed by atoms with van der Waals surface area (Å²) < 4.78 is 5.81. The minimum Gasteiger partial charge on any atom is -0.372 e. The monoisotopic (exact) mass is 277 g/mol. The zero-order valence-corrected chi connectivity index (χ0v) is 13.1. The molecule has 2 rings (SSSR count). The lowest BCUT2D eigenvalue weighted by Gasteiger charge is -2.36. The molecule has 1 aromatic heterocycles. The lowest BCUT2D eigenvalue weighted by molar-refractivity contribution is -0.00547. The van der Waals surface area contributed by atoms with Crippen molar-refractivity contribution in [1.82, 2.24) is 10.3 Å². The fourth-order valence-electron chi connectivity index (χ4n) is 2.71. The number of aromatic nitrogens is 1. The molecule has 4 heteroatoms. The van der Waals surface area contributed by atoms with Gasteiger partial charge in [-0.25, -0.2) is 4.98 Å². The van der Waals surface area contributed by atoms with Gasteiger partial charge in [0.25, 0.3) is 0 Å². The zero-order valence-electron chi connectivity index (χ0n) is 13.1. The van der Waals surface area contributed by atoms with Crippen LogP contribution in [0.15, 0.2) is 12.1 Å². The summed E-state index contributed by atoms with van der Waals surface area (Å²) in [4.78, 5) is 7.15. The molecule has 0 saturated carbocycles. The molecule has 1 N–H and O–H groups in total. The first kappa shape index (κ1) is 15.3. The zero-order chi connectivity index (χ0) is 14.5. The molecule has 0 amide bonds. The van der Waals surface area contributed by atoms with Gasteiger partial charge in [0.1, 0.15) is 5.82 Å². The molecule has 1 saturated heterocycles. The Morgan fingerprint density at radius 3 is 2.55 bits per heavy atom. The van der Waals surface area contributed by atoms with Crippen molar-refractivity contribution in [2.24, 2.45) is 0 Å². The van der Waals surface area contributed by atoms with E-state index in [1.54, 1.807) is 0 Å². The first-order valence-corrected chi connectivity index (χ1v) is 7.73. The second-order valence-electron chi connectivity index (χ2n) is 5.62. The van der Waals surface area contributed by atoms with Gasteiger partial charge in [-0.2, -0.15) is 0 Å². The molecular formula is C16H27N3O. The summed E-state index contributed by atoms with van der Waals surface area (Å²) in [5.74, 6) is 1.10. The smallest absolute Gasteiger partial charge is 0.129 e. The molecule has 0 spiro atoms. The lowest BCUT2D eigenvalue weighted by Crippen LogP contribution is -2.46. The van der Waals surface area contributed by atoms with Crippen LogP contribution < -0.4 is 10.2 Å². The molecule has 2 heterocycles. The SMILES string of the molecule is CCNCc1cc(CC)nc(N2CC(C)OC(C)C2)c1. The minimum atomic E-state index is 0.267. The summed E-state index contributed by atoms with van der Waals surface area (Å²) in [6, 6.07) is 4.42. The molecule has 20 heavy (non-hydrogen) atoms. The number of morpholine rings is 1. The van der Waals surface area contributed by atoms with Crippen LogP contribution in [-0.2, 0) is 17.7 Å². The van der Waals surface area contributed by atoms with E-state index in [4.69, 9.17) is 9.72 Å². The molecule has 0 radical (unpaired) electrons. The Hall–Kier alpha value is -1.13. The van der Waals surface area contributed by atoms with E-state index >= 15 is 0 Å². The van der Waals surface area contributed by atoms with Gasteiger partial charge >= 0.3 is 0 Å². The molecule has 112 valence electrons. The molecule has 1 aliphatic rings. The lowest BCUT2D eigenvalue weighted by atomic mass is 10.1. The van der Waals surface area contributed by atoms with Crippen LogP contribution in [0.1, 0.15) is 39.0 Å². The fourth-order valence-corrected chi connectivity index (χ4v) is 2.71. The van der Waals surface area contributed by atoms with Crippen molar-refractivity contribution in [3.05, 3.63) is 23.4 Å². The quantitative estimate of drug-likeness (QED) is 0.896. The number of hydrogen-bond donors (Lipinski definition) is 1. The van der Waals surface area contributed by atoms with Crippen LogP contribution in [0, 0.1) is 0 Å². The minimum absolute atomic E-state index is 0.267. The Kier molecular flexibility index (Phi) is 5.38. The van der Waals surface area contributed by atoms with E-state index in [2.05, 4.69) is 50.0 Å². The van der Waals surface area contributed by atoms with Gasteiger partial charge in [-0.05, 0) is 44.5 Å². The highest BCUT2D eigenvalue weighted by Crippen LogP contribution is 2.20. The standard InChI is InChI=1S/C16H27N3O/c1-5-15-7-14(9-17-6-2)8-16(18-15)19-10-12(3)20-13(4)11-19/h7-8,12-13,17H,5-6,9-11H2,1-4H3. The van der Waals surface area contributed by atoms with Gasteiger partial charge in [-0.1, -0.05) is 13.8 Å². The van der Waals surface area contributed by atoms with Crippen molar-refractivity contribution in [1.29, 1.82) is 0 Å². The molecule has 2 atom stereocenters. The molecule has 2 unspecified atom stereocenters. The van der Waals surface area contributed by atoms with Crippen LogP contribution in [0.25, 0.3) is 0 Å². The largest absolute Gasteiger partial charge is 0.372 e. The van der Waals surface area contributed by atoms with Gasteiger partial charge in [0.15, 0.2) is 0 Å². The number of aryl methyl sites for hydroxylation is 1. The molecule has 1 aliphatic heterocycles. The Morgan fingerprint density at radius 1 is 1.25 bits per heavy atom. The normalized spacial score (nSPS) is 23.1. The third kappa shape index (κ3) is 3.93. The van der Waals surface area contributed by atoms with Crippen molar-refractivity contribution in [2.45, 2.75) is 52.9 Å². The second-order valence-corrected chi connectivity index (χ2v) is 5.62. The predicted octanol–water partition coefficient (Wildman–Crippen LogP) is 2.37. The summed E-state index contributed by atoms with van der Waals surface area (Å²) in [6.07, 6.45) is 1.51. The Labute approximate surface area is 122 Å². The number of rotatable bonds is 5. The summed E-state index contributed by atoms with van der Waals surface area (Å²) in [5.41, 5.74) is 2.49. The van der Waals surface area contributed by atoms with Gasteiger partial charge in [-0.15, -0.1) is 0 Å². The summed E-state index contributed by atoms with van der Waals surface area (Å²) in [6.45, 7) is 12.3. The topological polar surface area (TPSA) is 37.4 Å². The number of pyridine rings is 1. The van der Waals surface area contributed by atoms with Gasteiger partial charge in [0, 0.05) is 25.3 Å². The van der Waals surface area contributed by atoms with Gasteiger partial charge in [-0.3, -0.25) is 0 Å². The molecule has 1 fully saturated rings. The molecule has 4 nitrogen and oxygen atoms in total. The van der Waals surface area contributed by atoms with E-state index in [0.29, 0.717) is 0 Å². The third-order valence-electron chi connectivity index (χ3n) is 3.61. The molecule has 0 aliphatic carbocycles. The van der Waals surface area contributed by atoms with Gasteiger partial charge in [0.2, 0.25) is 0 Å². The summed E-state index contributed by atoms with van der Waals surface area (Å²) in [7, 11) is 0. The van der Waals surface area contributed by atoms with Crippen molar-refractivity contribution >= 4 is 5.82 Å². The second kappa shape index (κ2) is 7.04. The van der Waals surface area contributed by atoms with E-state index in [-0.39, 0.29) is 12.2 Å². The summed E-state index contributed by atoms with van der Waals surface area (Å²) >= 11 is 0. The van der Waals surface area contributed by atoms with E-state index in [0.717, 1.165) is 38.4 Å². The van der Waals surface area contributed by atoms with Crippen molar-refractivity contribution in [2.75, 3.05) is 24.5 Å². The average molecular weight is 277 g/mol. The number of hydrogen-bond acceptors (Lipinski definition) is 4. The van der Waals surface area contributed by atoms with Gasteiger partial charge in [0.05, 0.1) is 12.2 Å². The Morgan fingerprint density at radius 2 is 1.95 bits per heavy atom. The van der Waals surface area contributed by atoms with Gasteiger partial charge < -0.3 is 15.0 Å². The average Bonchev–Trinajstić information content (AvgIpc) is 2.43. The molecular weight excluding hydrogens is 250 g/mol. The van der Waals surface area contributed by atoms with Crippen LogP contribution >= 0.6 is 0 Å². The van der Waals surface area contributed by atoms with Crippen LogP contribution in [0.5, 0.6) is 0 Å². The highest BCUT2D eigenvalue weighted by molar-refractivity contribution is 5.43. The maximum absolute atomic E-state index is 5.81. The van der Waals surface area contributed by atoms with Crippen LogP contribution in [0.2, 0.25) is 0 Å². The maximum atomic E-state index is 5.81. The Balaban J connectivity index is 2.20. The fraction of sp³-hybridized carbons (Fsp3) is 0.688. The highest BCUT2D eigenvalue weighted by atomic mass is 16.5. The van der Waals surface area contributed by atoms with E-state index in [9.17, 15) is 0 Å².